The molecule has 26 heavy (non-hydrogen) atoms. The number of ether oxygens (including phenoxy) is 1. The molecule has 0 fully saturated rings. The smallest absolute Gasteiger partial charge is 0.240 e. The number of carbonyl (C=O) groups excluding carboxylic acids is 1. The fourth-order valence-corrected chi connectivity index (χ4v) is 2.63. The van der Waals surface area contributed by atoms with Crippen LogP contribution in [0.3, 0.4) is 0 Å². The summed E-state index contributed by atoms with van der Waals surface area (Å²) in [5.41, 5.74) is 1.85. The molecule has 0 atom stereocenters. The average molecular weight is 350 g/mol. The first-order chi connectivity index (χ1) is 12.7. The van der Waals surface area contributed by atoms with Gasteiger partial charge in [0.15, 0.2) is 0 Å². The summed E-state index contributed by atoms with van der Waals surface area (Å²) < 4.78 is 7.79. The number of para-hydroxylation sites is 1. The maximum Gasteiger partial charge on any atom is 0.240 e. The highest BCUT2D eigenvalue weighted by Crippen LogP contribution is 2.25. The maximum absolute atomic E-state index is 12.3. The third-order valence-corrected chi connectivity index (χ3v) is 4.06. The Labute approximate surface area is 152 Å². The number of hydrogen-bond donors (Lipinski definition) is 1. The van der Waals surface area contributed by atoms with E-state index in [4.69, 9.17) is 4.74 Å². The lowest BCUT2D eigenvalue weighted by Crippen LogP contribution is -2.27. The van der Waals surface area contributed by atoms with Crippen LogP contribution in [0.1, 0.15) is 23.9 Å². The van der Waals surface area contributed by atoms with Crippen molar-refractivity contribution in [2.24, 2.45) is 0 Å². The third-order valence-electron chi connectivity index (χ3n) is 4.06. The Morgan fingerprint density at radius 1 is 1.15 bits per heavy atom. The van der Waals surface area contributed by atoms with E-state index in [0.29, 0.717) is 12.4 Å². The number of nitrogens with zero attached hydrogens (tertiary/aromatic N) is 3. The molecule has 0 saturated heterocycles. The summed E-state index contributed by atoms with van der Waals surface area (Å²) in [6, 6.07) is 11.5. The number of hydrogen-bond acceptors (Lipinski definition) is 4. The van der Waals surface area contributed by atoms with Gasteiger partial charge in [-0.3, -0.25) is 4.79 Å². The van der Waals surface area contributed by atoms with E-state index < -0.39 is 0 Å². The van der Waals surface area contributed by atoms with Gasteiger partial charge < -0.3 is 14.6 Å². The lowest BCUT2D eigenvalue weighted by atomic mass is 10.2. The Balaban J connectivity index is 1.65. The molecular weight excluding hydrogens is 328 g/mol. The minimum Gasteiger partial charge on any atom is -0.438 e. The Hall–Kier alpha value is -3.15. The summed E-state index contributed by atoms with van der Waals surface area (Å²) in [5.74, 6) is 2.07. The molecule has 0 saturated carbocycles. The van der Waals surface area contributed by atoms with E-state index >= 15 is 0 Å². The molecule has 0 spiro atoms. The minimum atomic E-state index is -0.0802. The summed E-state index contributed by atoms with van der Waals surface area (Å²) in [6.45, 7) is 4.60. The SMILES string of the molecule is CCc1nccn1CC(=O)NCc1cccnc1Oc1ccccc1C. The van der Waals surface area contributed by atoms with Crippen LogP contribution in [0.5, 0.6) is 11.6 Å². The highest BCUT2D eigenvalue weighted by atomic mass is 16.5. The van der Waals surface area contributed by atoms with E-state index in [-0.39, 0.29) is 12.5 Å². The van der Waals surface area contributed by atoms with Crippen molar-refractivity contribution < 1.29 is 9.53 Å². The van der Waals surface area contributed by atoms with Crippen molar-refractivity contribution in [1.29, 1.82) is 0 Å². The van der Waals surface area contributed by atoms with Gasteiger partial charge in [0.1, 0.15) is 18.1 Å². The summed E-state index contributed by atoms with van der Waals surface area (Å²) in [4.78, 5) is 20.8. The molecule has 3 aromatic rings. The van der Waals surface area contributed by atoms with Crippen LogP contribution in [-0.4, -0.2) is 20.4 Å². The Morgan fingerprint density at radius 3 is 2.81 bits per heavy atom. The summed E-state index contributed by atoms with van der Waals surface area (Å²) in [5, 5.41) is 2.92. The second-order valence-corrected chi connectivity index (χ2v) is 5.94. The van der Waals surface area contributed by atoms with Gasteiger partial charge in [-0.25, -0.2) is 9.97 Å². The van der Waals surface area contributed by atoms with Crippen molar-refractivity contribution in [3.8, 4) is 11.6 Å². The van der Waals surface area contributed by atoms with Gasteiger partial charge in [0, 0.05) is 37.1 Å². The topological polar surface area (TPSA) is 69.0 Å². The zero-order chi connectivity index (χ0) is 18.4. The lowest BCUT2D eigenvalue weighted by molar-refractivity contribution is -0.121. The number of amides is 1. The first-order valence-electron chi connectivity index (χ1n) is 8.61. The molecule has 1 N–H and O–H groups in total. The minimum absolute atomic E-state index is 0.0802. The van der Waals surface area contributed by atoms with E-state index in [0.717, 1.165) is 29.1 Å². The molecular formula is C20H22N4O2. The first kappa shape index (κ1) is 17.7. The van der Waals surface area contributed by atoms with Crippen molar-refractivity contribution in [2.75, 3.05) is 0 Å². The van der Waals surface area contributed by atoms with E-state index in [2.05, 4.69) is 15.3 Å². The number of aromatic nitrogens is 3. The molecule has 0 aliphatic rings. The fraction of sp³-hybridized carbons (Fsp3) is 0.250. The van der Waals surface area contributed by atoms with Crippen molar-refractivity contribution >= 4 is 5.91 Å². The molecule has 2 aromatic heterocycles. The van der Waals surface area contributed by atoms with Crippen LogP contribution in [0.25, 0.3) is 0 Å². The van der Waals surface area contributed by atoms with Gasteiger partial charge in [-0.2, -0.15) is 0 Å². The molecule has 1 aromatic carbocycles. The highest BCUT2D eigenvalue weighted by molar-refractivity contribution is 5.75. The van der Waals surface area contributed by atoms with Crippen LogP contribution >= 0.6 is 0 Å². The van der Waals surface area contributed by atoms with E-state index in [1.165, 1.54) is 0 Å². The molecule has 134 valence electrons. The number of carbonyl (C=O) groups is 1. The third kappa shape index (κ3) is 4.27. The van der Waals surface area contributed by atoms with Crippen molar-refractivity contribution in [1.82, 2.24) is 19.9 Å². The van der Waals surface area contributed by atoms with Crippen LogP contribution in [0.2, 0.25) is 0 Å². The molecule has 3 rings (SSSR count). The number of pyridine rings is 1. The molecule has 0 radical (unpaired) electrons. The summed E-state index contributed by atoms with van der Waals surface area (Å²) in [7, 11) is 0. The Morgan fingerprint density at radius 2 is 2.00 bits per heavy atom. The largest absolute Gasteiger partial charge is 0.438 e. The fourth-order valence-electron chi connectivity index (χ4n) is 2.63. The highest BCUT2D eigenvalue weighted by Gasteiger charge is 2.10. The molecule has 6 nitrogen and oxygen atoms in total. The maximum atomic E-state index is 12.3. The van der Waals surface area contributed by atoms with Gasteiger partial charge in [0.2, 0.25) is 11.8 Å². The Bertz CT molecular complexity index is 889. The lowest BCUT2D eigenvalue weighted by Gasteiger charge is -2.12. The van der Waals surface area contributed by atoms with Gasteiger partial charge in [0.25, 0.3) is 0 Å². The van der Waals surface area contributed by atoms with Crippen LogP contribution in [0, 0.1) is 6.92 Å². The number of nitrogens with one attached hydrogen (secondary N) is 1. The normalized spacial score (nSPS) is 10.5. The van der Waals surface area contributed by atoms with Gasteiger partial charge in [0.05, 0.1) is 0 Å². The standard InChI is InChI=1S/C20H22N4O2/c1-3-18-21-11-12-24(18)14-19(25)23-13-16-8-6-10-22-20(16)26-17-9-5-4-7-15(17)2/h4-12H,3,13-14H2,1-2H3,(H,23,25). The molecule has 0 aliphatic heterocycles. The van der Waals surface area contributed by atoms with Gasteiger partial charge in [-0.05, 0) is 24.6 Å². The van der Waals surface area contributed by atoms with Crippen molar-refractivity contribution in [2.45, 2.75) is 33.4 Å². The molecule has 2 heterocycles. The van der Waals surface area contributed by atoms with Gasteiger partial charge in [-0.15, -0.1) is 0 Å². The number of rotatable bonds is 7. The monoisotopic (exact) mass is 350 g/mol. The average Bonchev–Trinajstić information content (AvgIpc) is 3.10. The number of aryl methyl sites for hydroxylation is 2. The van der Waals surface area contributed by atoms with Crippen molar-refractivity contribution in [3.05, 3.63) is 71.9 Å². The Kier molecular flexibility index (Phi) is 5.63. The zero-order valence-electron chi connectivity index (χ0n) is 15.0. The number of imidazole rings is 1. The number of benzene rings is 1. The van der Waals surface area contributed by atoms with Crippen LogP contribution < -0.4 is 10.1 Å². The summed E-state index contributed by atoms with van der Waals surface area (Å²) in [6.07, 6.45) is 5.99. The van der Waals surface area contributed by atoms with E-state index in [9.17, 15) is 4.79 Å². The second kappa shape index (κ2) is 8.29. The van der Waals surface area contributed by atoms with Gasteiger partial charge >= 0.3 is 0 Å². The van der Waals surface area contributed by atoms with E-state index in [1.807, 2.05) is 61.0 Å². The quantitative estimate of drug-likeness (QED) is 0.710. The molecule has 0 aliphatic carbocycles. The molecule has 6 heteroatoms. The van der Waals surface area contributed by atoms with E-state index in [1.54, 1.807) is 12.4 Å². The second-order valence-electron chi connectivity index (χ2n) is 5.94. The van der Waals surface area contributed by atoms with Crippen LogP contribution in [-0.2, 0) is 24.3 Å². The predicted molar refractivity (Wildman–Crippen MR) is 98.9 cm³/mol. The van der Waals surface area contributed by atoms with Gasteiger partial charge in [-0.1, -0.05) is 31.2 Å². The first-order valence-corrected chi connectivity index (χ1v) is 8.61. The molecule has 1 amide bonds. The van der Waals surface area contributed by atoms with Crippen LogP contribution in [0.4, 0.5) is 0 Å². The van der Waals surface area contributed by atoms with Crippen LogP contribution in [0.15, 0.2) is 55.0 Å². The zero-order valence-corrected chi connectivity index (χ0v) is 15.0. The molecule has 0 unspecified atom stereocenters. The van der Waals surface area contributed by atoms with Crippen molar-refractivity contribution in [3.63, 3.8) is 0 Å². The predicted octanol–water partition coefficient (Wildman–Crippen LogP) is 3.26. The summed E-state index contributed by atoms with van der Waals surface area (Å²) >= 11 is 0. The molecule has 0 bridgehead atoms.